The van der Waals surface area contributed by atoms with Crippen molar-refractivity contribution < 1.29 is 50.2 Å². The molecule has 0 spiro atoms. The van der Waals surface area contributed by atoms with E-state index in [9.17, 15) is 9.59 Å². The normalized spacial score (nSPS) is 10.0. The second kappa shape index (κ2) is 7.26. The van der Waals surface area contributed by atoms with E-state index in [4.69, 9.17) is 0 Å². The molecule has 0 bridgehead atoms. The van der Waals surface area contributed by atoms with Gasteiger partial charge >= 0.3 is 46.3 Å². The van der Waals surface area contributed by atoms with Crippen molar-refractivity contribution in [1.29, 1.82) is 0 Å². The van der Waals surface area contributed by atoms with E-state index >= 15 is 0 Å². The van der Waals surface area contributed by atoms with Gasteiger partial charge in [-0.1, -0.05) is 60.7 Å². The van der Waals surface area contributed by atoms with E-state index in [0.29, 0.717) is 10.4 Å². The van der Waals surface area contributed by atoms with Crippen LogP contribution in [0.5, 0.6) is 0 Å². The molecular weight excluding hydrogens is 218 g/mol. The van der Waals surface area contributed by atoms with E-state index in [-0.39, 0.29) is 40.6 Å². The summed E-state index contributed by atoms with van der Waals surface area (Å²) in [7, 11) is -3.46. The van der Waals surface area contributed by atoms with Gasteiger partial charge in [0, 0.05) is 0 Å². The Hall–Kier alpha value is -0.228. The molecule has 2 aromatic carbocycles. The molecule has 0 aromatic heterocycles. The molecule has 0 unspecified atom stereocenters. The molecule has 0 heterocycles. The van der Waals surface area contributed by atoms with Gasteiger partial charge in [0.05, 0.1) is 0 Å². The minimum Gasteiger partial charge on any atom is -1.00 e. The third kappa shape index (κ3) is 3.88. The molecule has 0 aliphatic rings. The summed E-state index contributed by atoms with van der Waals surface area (Å²) in [6.45, 7) is 0. The number of benzene rings is 2. The number of hydrogen-bond donors (Lipinski definition) is 2. The predicted molar refractivity (Wildman–Crippen MR) is 64.6 cm³/mol. The van der Waals surface area contributed by atoms with Crippen molar-refractivity contribution in [3.63, 3.8) is 0 Å². The first-order chi connectivity index (χ1) is 7.21. The van der Waals surface area contributed by atoms with Crippen molar-refractivity contribution in [2.45, 2.75) is 0 Å². The van der Waals surface area contributed by atoms with Gasteiger partial charge < -0.3 is 12.4 Å². The summed E-state index contributed by atoms with van der Waals surface area (Å²) in [5.74, 6) is 0. The molecule has 0 saturated heterocycles. The van der Waals surface area contributed by atoms with Gasteiger partial charge in [0.25, 0.3) is 0 Å². The van der Waals surface area contributed by atoms with E-state index in [1.165, 1.54) is 0 Å². The minimum atomic E-state index is -3.46. The van der Waals surface area contributed by atoms with Crippen LogP contribution in [-0.2, 0) is 0 Å². The standard InChI is InChI=1S/C12H12O2Si.2Li.2H/c13-15(14,11-7-3-1-4-8-11)12-9-5-2-6-10-12;;;;/h1-10,13-14H;;;;/q;2*+1;2*-1. The van der Waals surface area contributed by atoms with Crippen LogP contribution in [0.2, 0.25) is 0 Å². The summed E-state index contributed by atoms with van der Waals surface area (Å²) in [6, 6.07) is 18.0. The fourth-order valence-electron chi connectivity index (χ4n) is 1.51. The Balaban J connectivity index is -0.000000640. The molecule has 2 N–H and O–H groups in total. The third-order valence-electron chi connectivity index (χ3n) is 2.35. The van der Waals surface area contributed by atoms with Crippen molar-refractivity contribution in [3.05, 3.63) is 60.7 Å². The first kappa shape index (κ1) is 16.8. The third-order valence-corrected chi connectivity index (χ3v) is 4.63. The van der Waals surface area contributed by atoms with Crippen LogP contribution in [0.3, 0.4) is 0 Å². The Morgan fingerprint density at radius 1 is 0.647 bits per heavy atom. The number of rotatable bonds is 2. The second-order valence-electron chi connectivity index (χ2n) is 3.40. The zero-order valence-corrected chi connectivity index (χ0v) is 11.2. The molecule has 2 rings (SSSR count). The van der Waals surface area contributed by atoms with E-state index in [1.54, 1.807) is 24.3 Å². The fourth-order valence-corrected chi connectivity index (χ4v) is 3.16. The quantitative estimate of drug-likeness (QED) is 0.507. The van der Waals surface area contributed by atoms with Crippen LogP contribution in [0.25, 0.3) is 0 Å². The minimum absolute atomic E-state index is 0. The van der Waals surface area contributed by atoms with Crippen LogP contribution in [0.4, 0.5) is 0 Å². The van der Waals surface area contributed by atoms with Crippen molar-refractivity contribution in [2.75, 3.05) is 0 Å². The van der Waals surface area contributed by atoms with Crippen LogP contribution >= 0.6 is 0 Å². The van der Waals surface area contributed by atoms with Crippen molar-refractivity contribution in [1.82, 2.24) is 0 Å². The molecule has 0 radical (unpaired) electrons. The van der Waals surface area contributed by atoms with Gasteiger partial charge in [-0.2, -0.15) is 0 Å². The molecule has 0 fully saturated rings. The molecule has 5 heteroatoms. The van der Waals surface area contributed by atoms with Gasteiger partial charge in [-0.15, -0.1) is 0 Å². The molecule has 17 heavy (non-hydrogen) atoms. The Morgan fingerprint density at radius 3 is 1.24 bits per heavy atom. The zero-order chi connectivity index (χ0) is 10.7. The summed E-state index contributed by atoms with van der Waals surface area (Å²) in [5.41, 5.74) is 0. The average molecular weight is 232 g/mol. The molecular formula is C12H14Li2O2Si. The maximum Gasteiger partial charge on any atom is 1.00 e. The van der Waals surface area contributed by atoms with Crippen LogP contribution in [0.1, 0.15) is 2.85 Å². The molecule has 0 atom stereocenters. The van der Waals surface area contributed by atoms with Gasteiger partial charge in [-0.25, -0.2) is 0 Å². The first-order valence-electron chi connectivity index (χ1n) is 4.77. The van der Waals surface area contributed by atoms with Crippen molar-refractivity contribution in [3.8, 4) is 0 Å². The molecule has 80 valence electrons. The Labute approximate surface area is 129 Å². The molecule has 0 aliphatic heterocycles. The monoisotopic (exact) mass is 232 g/mol. The molecule has 0 amide bonds. The molecule has 0 saturated carbocycles. The summed E-state index contributed by atoms with van der Waals surface area (Å²) in [6.07, 6.45) is 0. The fraction of sp³-hybridized carbons (Fsp3) is 0. The maximum atomic E-state index is 10.2. The predicted octanol–water partition coefficient (Wildman–Crippen LogP) is -5.54. The van der Waals surface area contributed by atoms with Crippen molar-refractivity contribution in [2.24, 2.45) is 0 Å². The van der Waals surface area contributed by atoms with E-state index in [2.05, 4.69) is 0 Å². The summed E-state index contributed by atoms with van der Waals surface area (Å²) < 4.78 is 0. The molecule has 0 aliphatic carbocycles. The SMILES string of the molecule is O[Si](O)(c1ccccc1)c1ccccc1.[H-].[H-].[Li+].[Li+]. The Morgan fingerprint density at radius 2 is 0.941 bits per heavy atom. The van der Waals surface area contributed by atoms with Gasteiger partial charge in [0.1, 0.15) is 0 Å². The van der Waals surface area contributed by atoms with E-state index in [1.807, 2.05) is 36.4 Å². The van der Waals surface area contributed by atoms with E-state index in [0.717, 1.165) is 0 Å². The van der Waals surface area contributed by atoms with Gasteiger partial charge in [0.2, 0.25) is 0 Å². The summed E-state index contributed by atoms with van der Waals surface area (Å²) in [5, 5.41) is 1.22. The van der Waals surface area contributed by atoms with Crippen molar-refractivity contribution >= 4 is 18.9 Å². The van der Waals surface area contributed by atoms with Crippen LogP contribution in [0.15, 0.2) is 60.7 Å². The smallest absolute Gasteiger partial charge is 1.00 e. The topological polar surface area (TPSA) is 40.5 Å². The number of hydrogen-bond acceptors (Lipinski definition) is 2. The summed E-state index contributed by atoms with van der Waals surface area (Å²) >= 11 is 0. The molecule has 2 aromatic rings. The first-order valence-corrected chi connectivity index (χ1v) is 6.66. The van der Waals surface area contributed by atoms with Gasteiger partial charge in [0.15, 0.2) is 0 Å². The van der Waals surface area contributed by atoms with Crippen LogP contribution < -0.4 is 48.1 Å². The maximum absolute atomic E-state index is 10.2. The van der Waals surface area contributed by atoms with Gasteiger partial charge in [-0.3, -0.25) is 0 Å². The largest absolute Gasteiger partial charge is 1.00 e. The average Bonchev–Trinajstić information content (AvgIpc) is 2.31. The van der Waals surface area contributed by atoms with Gasteiger partial charge in [-0.05, 0) is 10.4 Å². The van der Waals surface area contributed by atoms with Crippen LogP contribution in [0, 0.1) is 0 Å². The Bertz CT molecular complexity index is 402. The summed E-state index contributed by atoms with van der Waals surface area (Å²) in [4.78, 5) is 20.3. The Kier molecular flexibility index (Phi) is 7.16. The second-order valence-corrected chi connectivity index (χ2v) is 5.90. The van der Waals surface area contributed by atoms with E-state index < -0.39 is 8.56 Å². The van der Waals surface area contributed by atoms with Crippen LogP contribution in [-0.4, -0.2) is 18.2 Å². The zero-order valence-electron chi connectivity index (χ0n) is 12.2. The molecule has 2 nitrogen and oxygen atoms in total.